The van der Waals surface area contributed by atoms with Crippen molar-refractivity contribution in [2.45, 2.75) is 26.4 Å². The third-order valence-electron chi connectivity index (χ3n) is 5.61. The van der Waals surface area contributed by atoms with Gasteiger partial charge in [0.1, 0.15) is 0 Å². The van der Waals surface area contributed by atoms with E-state index < -0.39 is 0 Å². The number of aliphatic hydroxyl groups is 1. The van der Waals surface area contributed by atoms with Crippen molar-refractivity contribution in [3.05, 3.63) is 18.0 Å². The van der Waals surface area contributed by atoms with Crippen LogP contribution in [0.2, 0.25) is 0 Å². The maximum atomic E-state index is 9.82. The number of rotatable bonds is 6. The number of hydrogen-bond acceptors (Lipinski definition) is 5. The van der Waals surface area contributed by atoms with E-state index in [1.807, 2.05) is 10.9 Å². The molecule has 0 spiro atoms. The molecule has 24 heavy (non-hydrogen) atoms. The molecule has 0 saturated carbocycles. The second-order valence-electron chi connectivity index (χ2n) is 7.56. The number of aromatic nitrogens is 2. The predicted molar refractivity (Wildman–Crippen MR) is 95.8 cm³/mol. The zero-order chi connectivity index (χ0) is 16.9. The van der Waals surface area contributed by atoms with Crippen molar-refractivity contribution in [1.29, 1.82) is 0 Å². The molecule has 1 aromatic rings. The lowest BCUT2D eigenvalue weighted by Gasteiger charge is -2.26. The van der Waals surface area contributed by atoms with Gasteiger partial charge < -0.3 is 14.9 Å². The molecule has 1 N–H and O–H groups in total. The topological polar surface area (TPSA) is 47.8 Å². The monoisotopic (exact) mass is 335 g/mol. The third-order valence-corrected chi connectivity index (χ3v) is 5.61. The lowest BCUT2D eigenvalue weighted by molar-refractivity contribution is 0.165. The Balaban J connectivity index is 1.53. The molecule has 0 unspecified atom stereocenters. The van der Waals surface area contributed by atoms with Crippen LogP contribution in [0.15, 0.2) is 12.4 Å². The van der Waals surface area contributed by atoms with Crippen molar-refractivity contribution < 1.29 is 5.11 Å². The second-order valence-corrected chi connectivity index (χ2v) is 7.56. The SMILES string of the molecule is CCn1cc(CN2C[C@@H](CN3CCCN(C)CC3)[C@@H](CO)C2)cn1. The van der Waals surface area contributed by atoms with E-state index in [-0.39, 0.29) is 0 Å². The van der Waals surface area contributed by atoms with Crippen LogP contribution >= 0.6 is 0 Å². The highest BCUT2D eigenvalue weighted by Crippen LogP contribution is 2.26. The Morgan fingerprint density at radius 3 is 2.71 bits per heavy atom. The molecular weight excluding hydrogens is 302 g/mol. The lowest BCUT2D eigenvalue weighted by atomic mass is 9.96. The first-order valence-electron chi connectivity index (χ1n) is 9.43. The summed E-state index contributed by atoms with van der Waals surface area (Å²) in [7, 11) is 2.22. The van der Waals surface area contributed by atoms with Gasteiger partial charge in [0.2, 0.25) is 0 Å². The molecule has 0 radical (unpaired) electrons. The second kappa shape index (κ2) is 8.43. The zero-order valence-corrected chi connectivity index (χ0v) is 15.3. The number of nitrogens with zero attached hydrogens (tertiary/aromatic N) is 5. The van der Waals surface area contributed by atoms with E-state index in [1.54, 1.807) is 0 Å². The molecule has 0 amide bonds. The Hall–Kier alpha value is -0.950. The predicted octanol–water partition coefficient (Wildman–Crippen LogP) is 0.581. The first-order chi connectivity index (χ1) is 11.7. The van der Waals surface area contributed by atoms with Crippen molar-refractivity contribution >= 4 is 0 Å². The molecule has 136 valence electrons. The molecule has 0 bridgehead atoms. The van der Waals surface area contributed by atoms with E-state index in [4.69, 9.17) is 0 Å². The van der Waals surface area contributed by atoms with Crippen molar-refractivity contribution in [2.75, 3.05) is 59.5 Å². The summed E-state index contributed by atoms with van der Waals surface area (Å²) in [5, 5.41) is 14.2. The summed E-state index contributed by atoms with van der Waals surface area (Å²) in [5.41, 5.74) is 1.28. The van der Waals surface area contributed by atoms with Crippen molar-refractivity contribution in [2.24, 2.45) is 11.8 Å². The van der Waals surface area contributed by atoms with Gasteiger partial charge in [0, 0.05) is 64.2 Å². The highest BCUT2D eigenvalue weighted by atomic mass is 16.3. The molecule has 3 heterocycles. The molecule has 6 nitrogen and oxygen atoms in total. The summed E-state index contributed by atoms with van der Waals surface area (Å²) in [6.45, 7) is 12.3. The minimum absolute atomic E-state index is 0.309. The van der Waals surface area contributed by atoms with E-state index in [1.165, 1.54) is 25.1 Å². The van der Waals surface area contributed by atoms with Crippen molar-refractivity contribution in [1.82, 2.24) is 24.5 Å². The van der Waals surface area contributed by atoms with Crippen LogP contribution in [0, 0.1) is 11.8 Å². The average molecular weight is 335 g/mol. The quantitative estimate of drug-likeness (QED) is 0.824. The van der Waals surface area contributed by atoms with Crippen LogP contribution in [0.1, 0.15) is 18.9 Å². The molecule has 2 saturated heterocycles. The van der Waals surface area contributed by atoms with Crippen LogP contribution < -0.4 is 0 Å². The Morgan fingerprint density at radius 1 is 1.12 bits per heavy atom. The number of hydrogen-bond donors (Lipinski definition) is 1. The number of likely N-dealkylation sites (N-methyl/N-ethyl adjacent to an activating group) is 1. The molecule has 0 aliphatic carbocycles. The highest BCUT2D eigenvalue weighted by Gasteiger charge is 2.33. The fourth-order valence-electron chi connectivity index (χ4n) is 4.11. The summed E-state index contributed by atoms with van der Waals surface area (Å²) < 4.78 is 1.99. The molecule has 3 rings (SSSR count). The maximum absolute atomic E-state index is 9.82. The standard InChI is InChI=1S/C18H33N5O/c1-3-23-11-16(9-19-23)10-22-13-17(18(14-22)15-24)12-21-6-4-5-20(2)7-8-21/h9,11,17-18,24H,3-8,10,12-15H2,1-2H3/t17-,18-/m1/s1. The number of likely N-dealkylation sites (tertiary alicyclic amines) is 1. The van der Waals surface area contributed by atoms with Crippen LogP contribution in [0.25, 0.3) is 0 Å². The smallest absolute Gasteiger partial charge is 0.0534 e. The van der Waals surface area contributed by atoms with Crippen LogP contribution in [0.5, 0.6) is 0 Å². The van der Waals surface area contributed by atoms with Gasteiger partial charge in [0.25, 0.3) is 0 Å². The van der Waals surface area contributed by atoms with Crippen LogP contribution in [-0.2, 0) is 13.1 Å². The first kappa shape index (κ1) is 17.9. The molecule has 0 aromatic carbocycles. The van der Waals surface area contributed by atoms with Gasteiger partial charge in [-0.2, -0.15) is 5.10 Å². The van der Waals surface area contributed by atoms with Gasteiger partial charge in [-0.05, 0) is 45.3 Å². The molecule has 2 atom stereocenters. The Morgan fingerprint density at radius 2 is 1.96 bits per heavy atom. The Bertz CT molecular complexity index is 505. The van der Waals surface area contributed by atoms with Crippen molar-refractivity contribution in [3.8, 4) is 0 Å². The van der Waals surface area contributed by atoms with Gasteiger partial charge >= 0.3 is 0 Å². The van der Waals surface area contributed by atoms with Gasteiger partial charge in [-0.3, -0.25) is 9.58 Å². The zero-order valence-electron chi connectivity index (χ0n) is 15.3. The molecule has 1 aromatic heterocycles. The van der Waals surface area contributed by atoms with Gasteiger partial charge in [0.05, 0.1) is 6.20 Å². The van der Waals surface area contributed by atoms with E-state index in [9.17, 15) is 5.11 Å². The van der Waals surface area contributed by atoms with Gasteiger partial charge in [-0.15, -0.1) is 0 Å². The van der Waals surface area contributed by atoms with Crippen molar-refractivity contribution in [3.63, 3.8) is 0 Å². The summed E-state index contributed by atoms with van der Waals surface area (Å²) in [5.74, 6) is 0.992. The minimum Gasteiger partial charge on any atom is -0.396 e. The molecule has 2 fully saturated rings. The Kier molecular flexibility index (Phi) is 6.27. The van der Waals surface area contributed by atoms with Crippen LogP contribution in [0.4, 0.5) is 0 Å². The van der Waals surface area contributed by atoms with E-state index in [2.05, 4.69) is 40.0 Å². The fourth-order valence-corrected chi connectivity index (χ4v) is 4.11. The first-order valence-corrected chi connectivity index (χ1v) is 9.43. The third kappa shape index (κ3) is 4.57. The normalized spacial score (nSPS) is 27.6. The fraction of sp³-hybridized carbons (Fsp3) is 0.833. The van der Waals surface area contributed by atoms with E-state index >= 15 is 0 Å². The Labute approximate surface area is 146 Å². The van der Waals surface area contributed by atoms with E-state index in [0.29, 0.717) is 18.4 Å². The van der Waals surface area contributed by atoms with Crippen LogP contribution in [0.3, 0.4) is 0 Å². The van der Waals surface area contributed by atoms with Crippen LogP contribution in [-0.4, -0.2) is 89.1 Å². The molecule has 6 heteroatoms. The number of aryl methyl sites for hydroxylation is 1. The van der Waals surface area contributed by atoms with Gasteiger partial charge in [-0.25, -0.2) is 0 Å². The average Bonchev–Trinajstić information content (AvgIpc) is 3.13. The molecule has 2 aliphatic rings. The summed E-state index contributed by atoms with van der Waals surface area (Å²) in [6, 6.07) is 0. The highest BCUT2D eigenvalue weighted by molar-refractivity contribution is 5.04. The molecule has 2 aliphatic heterocycles. The minimum atomic E-state index is 0.309. The lowest BCUT2D eigenvalue weighted by Crippen LogP contribution is -2.36. The van der Waals surface area contributed by atoms with Gasteiger partial charge in [-0.1, -0.05) is 0 Å². The molecular formula is C18H33N5O. The summed E-state index contributed by atoms with van der Waals surface area (Å²) in [4.78, 5) is 7.53. The van der Waals surface area contributed by atoms with E-state index in [0.717, 1.165) is 45.8 Å². The largest absolute Gasteiger partial charge is 0.396 e. The summed E-state index contributed by atoms with van der Waals surface area (Å²) in [6.07, 6.45) is 5.38. The summed E-state index contributed by atoms with van der Waals surface area (Å²) >= 11 is 0. The van der Waals surface area contributed by atoms with Gasteiger partial charge in [0.15, 0.2) is 0 Å². The maximum Gasteiger partial charge on any atom is 0.0534 e. The number of aliphatic hydroxyl groups excluding tert-OH is 1.